The molecular weight excluding hydrogens is 350 g/mol. The molecule has 0 bridgehead atoms. The van der Waals surface area contributed by atoms with E-state index in [2.05, 4.69) is 4.72 Å². The number of rotatable bonds is 4. The molecule has 1 unspecified atom stereocenters. The first kappa shape index (κ1) is 18.7. The summed E-state index contributed by atoms with van der Waals surface area (Å²) >= 11 is 0. The first-order chi connectivity index (χ1) is 12.1. The van der Waals surface area contributed by atoms with Crippen molar-refractivity contribution in [2.45, 2.75) is 50.7 Å². The first-order valence-corrected chi connectivity index (χ1v) is 10.1. The molecule has 0 fully saturated rings. The van der Waals surface area contributed by atoms with Gasteiger partial charge in [0.05, 0.1) is 18.0 Å². The Morgan fingerprint density at radius 2 is 1.85 bits per heavy atom. The lowest BCUT2D eigenvalue weighted by Crippen LogP contribution is -2.41. The summed E-state index contributed by atoms with van der Waals surface area (Å²) < 4.78 is 40.4. The van der Waals surface area contributed by atoms with Crippen molar-refractivity contribution < 1.29 is 17.9 Å². The van der Waals surface area contributed by atoms with E-state index in [0.29, 0.717) is 17.7 Å². The molecule has 2 aromatic carbocycles. The number of sulfonamides is 1. The summed E-state index contributed by atoms with van der Waals surface area (Å²) in [7, 11) is -2.11. The molecular formula is C20H25NO4S. The van der Waals surface area contributed by atoms with E-state index in [9.17, 15) is 8.42 Å². The maximum atomic E-state index is 13.1. The Bertz CT molecular complexity index is 935. The average molecular weight is 375 g/mol. The molecule has 1 aliphatic heterocycles. The second kappa shape index (κ2) is 6.59. The normalized spacial score (nSPS) is 18.7. The maximum absolute atomic E-state index is 13.1. The van der Waals surface area contributed by atoms with E-state index in [1.807, 2.05) is 45.0 Å². The predicted octanol–water partition coefficient (Wildman–Crippen LogP) is 3.89. The average Bonchev–Trinajstić information content (AvgIpc) is 2.55. The van der Waals surface area contributed by atoms with Crippen LogP contribution in [0.2, 0.25) is 0 Å². The van der Waals surface area contributed by atoms with E-state index in [1.165, 1.54) is 0 Å². The van der Waals surface area contributed by atoms with Gasteiger partial charge in [0.1, 0.15) is 17.1 Å². The number of hydrogen-bond donors (Lipinski definition) is 1. The van der Waals surface area contributed by atoms with Gasteiger partial charge in [0.2, 0.25) is 10.0 Å². The van der Waals surface area contributed by atoms with Crippen molar-refractivity contribution in [2.24, 2.45) is 0 Å². The van der Waals surface area contributed by atoms with Crippen molar-refractivity contribution in [3.8, 4) is 11.5 Å². The number of aryl methyl sites for hydroxylation is 2. The summed E-state index contributed by atoms with van der Waals surface area (Å²) in [6.45, 7) is 7.54. The van der Waals surface area contributed by atoms with Crippen molar-refractivity contribution in [3.05, 3.63) is 53.1 Å². The molecule has 1 aliphatic rings. The Kier molecular flexibility index (Phi) is 4.75. The van der Waals surface area contributed by atoms with Gasteiger partial charge in [-0.2, -0.15) is 0 Å². The van der Waals surface area contributed by atoms with Gasteiger partial charge in [0, 0.05) is 12.0 Å². The van der Waals surface area contributed by atoms with Crippen LogP contribution in [-0.4, -0.2) is 21.1 Å². The SMILES string of the molecule is COc1cc(C)c(S(=O)(=O)NC2CC(C)(C)Oc3ccccc32)cc1C. The molecule has 0 amide bonds. The Balaban J connectivity index is 1.99. The second-order valence-electron chi connectivity index (χ2n) is 7.36. The predicted molar refractivity (Wildman–Crippen MR) is 101 cm³/mol. The number of methoxy groups -OCH3 is 1. The van der Waals surface area contributed by atoms with E-state index >= 15 is 0 Å². The number of benzene rings is 2. The van der Waals surface area contributed by atoms with E-state index < -0.39 is 15.6 Å². The lowest BCUT2D eigenvalue weighted by Gasteiger charge is -2.37. The number of fused-ring (bicyclic) bond motifs is 1. The minimum Gasteiger partial charge on any atom is -0.496 e. The molecule has 0 aromatic heterocycles. The number of hydrogen-bond acceptors (Lipinski definition) is 4. The summed E-state index contributed by atoms with van der Waals surface area (Å²) in [4.78, 5) is 0.276. The fourth-order valence-electron chi connectivity index (χ4n) is 3.43. The minimum absolute atomic E-state index is 0.276. The molecule has 2 aromatic rings. The molecule has 1 heterocycles. The van der Waals surface area contributed by atoms with Crippen LogP contribution in [0, 0.1) is 13.8 Å². The standard InChI is InChI=1S/C20H25NO4S/c1-13-11-19(14(2)10-18(13)24-5)26(22,23)21-16-12-20(3,4)25-17-9-7-6-8-15(16)17/h6-11,16,21H,12H2,1-5H3. The van der Waals surface area contributed by atoms with Gasteiger partial charge in [-0.1, -0.05) is 18.2 Å². The van der Waals surface area contributed by atoms with Gasteiger partial charge in [-0.15, -0.1) is 0 Å². The second-order valence-corrected chi connectivity index (χ2v) is 9.05. The van der Waals surface area contributed by atoms with Crippen molar-refractivity contribution in [3.63, 3.8) is 0 Å². The number of nitrogens with one attached hydrogen (secondary N) is 1. The molecule has 26 heavy (non-hydrogen) atoms. The molecule has 1 atom stereocenters. The minimum atomic E-state index is -3.69. The summed E-state index contributed by atoms with van der Waals surface area (Å²) in [6, 6.07) is 10.6. The zero-order valence-corrected chi connectivity index (χ0v) is 16.6. The molecule has 0 saturated carbocycles. The van der Waals surface area contributed by atoms with Crippen molar-refractivity contribution in [1.29, 1.82) is 0 Å². The van der Waals surface area contributed by atoms with E-state index in [0.717, 1.165) is 16.9 Å². The molecule has 6 heteroatoms. The lowest BCUT2D eigenvalue weighted by molar-refractivity contribution is 0.0702. The van der Waals surface area contributed by atoms with Crippen LogP contribution >= 0.6 is 0 Å². The Labute approximate surface area is 155 Å². The zero-order chi connectivity index (χ0) is 19.1. The lowest BCUT2D eigenvalue weighted by atomic mass is 9.90. The molecule has 5 nitrogen and oxygen atoms in total. The molecule has 0 spiro atoms. The third-order valence-electron chi connectivity index (χ3n) is 4.66. The number of ether oxygens (including phenoxy) is 2. The monoisotopic (exact) mass is 375 g/mol. The molecule has 140 valence electrons. The first-order valence-electron chi connectivity index (χ1n) is 8.58. The molecule has 0 saturated heterocycles. The third-order valence-corrected chi connectivity index (χ3v) is 6.27. The summed E-state index contributed by atoms with van der Waals surface area (Å²) in [5, 5.41) is 0. The van der Waals surface area contributed by atoms with Crippen LogP contribution in [0.5, 0.6) is 11.5 Å². The van der Waals surface area contributed by atoms with Crippen LogP contribution in [0.15, 0.2) is 41.3 Å². The van der Waals surface area contributed by atoms with Gasteiger partial charge in [-0.3, -0.25) is 0 Å². The van der Waals surface area contributed by atoms with Crippen LogP contribution in [0.25, 0.3) is 0 Å². The van der Waals surface area contributed by atoms with Gasteiger partial charge in [0.25, 0.3) is 0 Å². The quantitative estimate of drug-likeness (QED) is 0.880. The van der Waals surface area contributed by atoms with Gasteiger partial charge in [-0.25, -0.2) is 13.1 Å². The van der Waals surface area contributed by atoms with Crippen LogP contribution in [0.4, 0.5) is 0 Å². The van der Waals surface area contributed by atoms with Crippen molar-refractivity contribution >= 4 is 10.0 Å². The van der Waals surface area contributed by atoms with Gasteiger partial charge < -0.3 is 9.47 Å². The fraction of sp³-hybridized carbons (Fsp3) is 0.400. The Morgan fingerprint density at radius 1 is 1.15 bits per heavy atom. The van der Waals surface area contributed by atoms with Gasteiger partial charge in [-0.05, 0) is 57.0 Å². The van der Waals surface area contributed by atoms with Crippen LogP contribution in [-0.2, 0) is 10.0 Å². The topological polar surface area (TPSA) is 64.6 Å². The molecule has 3 rings (SSSR count). The van der Waals surface area contributed by atoms with Gasteiger partial charge >= 0.3 is 0 Å². The van der Waals surface area contributed by atoms with Crippen LogP contribution in [0.1, 0.15) is 43.0 Å². The highest BCUT2D eigenvalue weighted by Gasteiger charge is 2.36. The zero-order valence-electron chi connectivity index (χ0n) is 15.8. The third kappa shape index (κ3) is 3.57. The highest BCUT2D eigenvalue weighted by Crippen LogP contribution is 2.40. The van der Waals surface area contributed by atoms with Crippen molar-refractivity contribution in [1.82, 2.24) is 4.72 Å². The molecule has 1 N–H and O–H groups in total. The van der Waals surface area contributed by atoms with Gasteiger partial charge in [0.15, 0.2) is 0 Å². The number of para-hydroxylation sites is 1. The largest absolute Gasteiger partial charge is 0.496 e. The summed E-state index contributed by atoms with van der Waals surface area (Å²) in [6.07, 6.45) is 0.553. The smallest absolute Gasteiger partial charge is 0.241 e. The Hall–Kier alpha value is -2.05. The molecule has 0 radical (unpaired) electrons. The highest BCUT2D eigenvalue weighted by molar-refractivity contribution is 7.89. The van der Waals surface area contributed by atoms with Crippen molar-refractivity contribution in [2.75, 3.05) is 7.11 Å². The van der Waals surface area contributed by atoms with E-state index in [4.69, 9.17) is 9.47 Å². The summed E-state index contributed by atoms with van der Waals surface area (Å²) in [5.41, 5.74) is 1.84. The van der Waals surface area contributed by atoms with E-state index in [-0.39, 0.29) is 10.9 Å². The molecule has 0 aliphatic carbocycles. The van der Waals surface area contributed by atoms with Crippen LogP contribution < -0.4 is 14.2 Å². The highest BCUT2D eigenvalue weighted by atomic mass is 32.2. The van der Waals surface area contributed by atoms with E-state index in [1.54, 1.807) is 26.2 Å². The maximum Gasteiger partial charge on any atom is 0.241 e. The Morgan fingerprint density at radius 3 is 2.54 bits per heavy atom. The summed E-state index contributed by atoms with van der Waals surface area (Å²) in [5.74, 6) is 1.40. The fourth-order valence-corrected chi connectivity index (χ4v) is 4.96. The van der Waals surface area contributed by atoms with Crippen LogP contribution in [0.3, 0.4) is 0 Å².